The van der Waals surface area contributed by atoms with Gasteiger partial charge in [0, 0.05) is 50.1 Å². The Morgan fingerprint density at radius 3 is 2.27 bits per heavy atom. The molecule has 9 nitrogen and oxygen atoms in total. The molecule has 0 aromatic carbocycles. The second-order valence-electron chi connectivity index (χ2n) is 9.45. The van der Waals surface area contributed by atoms with Crippen LogP contribution in [-0.2, 0) is 9.59 Å². The van der Waals surface area contributed by atoms with Crippen molar-refractivity contribution in [1.29, 1.82) is 0 Å². The van der Waals surface area contributed by atoms with Gasteiger partial charge in [-0.05, 0) is 45.6 Å². The predicted octanol–water partition coefficient (Wildman–Crippen LogP) is 2.64. The molecule has 2 amide bonds. The van der Waals surface area contributed by atoms with E-state index < -0.39 is 0 Å². The van der Waals surface area contributed by atoms with E-state index in [-0.39, 0.29) is 18.4 Å². The van der Waals surface area contributed by atoms with Gasteiger partial charge < -0.3 is 10.2 Å². The minimum Gasteiger partial charge on any atom is -0.340 e. The van der Waals surface area contributed by atoms with Crippen molar-refractivity contribution in [1.82, 2.24) is 29.5 Å². The zero-order chi connectivity index (χ0) is 23.4. The molecule has 1 saturated carbocycles. The summed E-state index contributed by atoms with van der Waals surface area (Å²) in [5.74, 6) is 1.73. The van der Waals surface area contributed by atoms with E-state index in [1.165, 1.54) is 32.1 Å². The topological polar surface area (TPSA) is 96.3 Å². The van der Waals surface area contributed by atoms with Crippen LogP contribution in [0.3, 0.4) is 0 Å². The molecule has 0 unspecified atom stereocenters. The van der Waals surface area contributed by atoms with Crippen molar-refractivity contribution in [2.24, 2.45) is 5.92 Å². The van der Waals surface area contributed by atoms with E-state index in [2.05, 4.69) is 25.3 Å². The zero-order valence-corrected chi connectivity index (χ0v) is 20.0. The highest BCUT2D eigenvalue weighted by Gasteiger charge is 2.25. The van der Waals surface area contributed by atoms with Gasteiger partial charge in [-0.25, -0.2) is 9.97 Å². The summed E-state index contributed by atoms with van der Waals surface area (Å²) in [6, 6.07) is 3.72. The Morgan fingerprint density at radius 2 is 1.61 bits per heavy atom. The molecule has 2 fully saturated rings. The summed E-state index contributed by atoms with van der Waals surface area (Å²) in [7, 11) is 0. The first-order chi connectivity index (χ1) is 15.9. The van der Waals surface area contributed by atoms with Gasteiger partial charge in [-0.15, -0.1) is 0 Å². The largest absolute Gasteiger partial charge is 0.340 e. The number of hydrogen-bond acceptors (Lipinski definition) is 6. The fraction of sp³-hybridized carbons (Fsp3) is 0.625. The van der Waals surface area contributed by atoms with Gasteiger partial charge in [-0.3, -0.25) is 14.5 Å². The Hall–Kier alpha value is -2.81. The van der Waals surface area contributed by atoms with Crippen LogP contribution in [0.5, 0.6) is 0 Å². The number of carbonyl (C=O) groups excluding carboxylic acids is 2. The van der Waals surface area contributed by atoms with E-state index in [4.69, 9.17) is 0 Å². The average molecular weight is 454 g/mol. The quantitative estimate of drug-likeness (QED) is 0.722. The van der Waals surface area contributed by atoms with Crippen molar-refractivity contribution in [2.45, 2.75) is 59.3 Å². The highest BCUT2D eigenvalue weighted by Crippen LogP contribution is 2.27. The molecule has 0 radical (unpaired) electrons. The number of anilines is 1. The molecule has 1 N–H and O–H groups in total. The summed E-state index contributed by atoms with van der Waals surface area (Å²) < 4.78 is 1.58. The molecular formula is C24H35N7O2. The first-order valence-electron chi connectivity index (χ1n) is 12.1. The summed E-state index contributed by atoms with van der Waals surface area (Å²) in [5, 5.41) is 7.42. The van der Waals surface area contributed by atoms with Crippen LogP contribution in [0.4, 0.5) is 5.82 Å². The maximum atomic E-state index is 12.8. The molecule has 1 saturated heterocycles. The third kappa shape index (κ3) is 6.16. The molecule has 2 aliphatic rings. The lowest BCUT2D eigenvalue weighted by molar-refractivity contribution is -0.134. The van der Waals surface area contributed by atoms with Crippen molar-refractivity contribution in [3.8, 4) is 5.95 Å². The Balaban J connectivity index is 1.29. The maximum Gasteiger partial charge on any atom is 0.252 e. The van der Waals surface area contributed by atoms with Gasteiger partial charge in [-0.1, -0.05) is 19.3 Å². The minimum atomic E-state index is -0.109. The SMILES string of the molecule is Cc1cc(C)nc(-n2nc(C)cc2NC(=O)CN2CCN(C(=O)CC3CCCCC3)CC2)n1. The predicted molar refractivity (Wildman–Crippen MR) is 126 cm³/mol. The van der Waals surface area contributed by atoms with Crippen LogP contribution in [-0.4, -0.2) is 74.1 Å². The Labute approximate surface area is 195 Å². The number of aryl methyl sites for hydroxylation is 3. The number of aromatic nitrogens is 4. The molecule has 33 heavy (non-hydrogen) atoms. The second kappa shape index (κ2) is 10.4. The number of rotatable bonds is 6. The normalized spacial score (nSPS) is 17.8. The molecule has 9 heteroatoms. The van der Waals surface area contributed by atoms with Crippen molar-refractivity contribution < 1.29 is 9.59 Å². The van der Waals surface area contributed by atoms with Crippen LogP contribution >= 0.6 is 0 Å². The van der Waals surface area contributed by atoms with Gasteiger partial charge >= 0.3 is 0 Å². The van der Waals surface area contributed by atoms with E-state index in [1.54, 1.807) is 4.68 Å². The fourth-order valence-corrected chi connectivity index (χ4v) is 4.85. The van der Waals surface area contributed by atoms with Crippen molar-refractivity contribution >= 4 is 17.6 Å². The van der Waals surface area contributed by atoms with Gasteiger partial charge in [0.25, 0.3) is 5.95 Å². The molecule has 2 aromatic rings. The van der Waals surface area contributed by atoms with E-state index >= 15 is 0 Å². The monoisotopic (exact) mass is 453 g/mol. The van der Waals surface area contributed by atoms with Crippen molar-refractivity contribution in [3.05, 3.63) is 29.2 Å². The molecule has 0 atom stereocenters. The number of carbonyl (C=O) groups is 2. The highest BCUT2D eigenvalue weighted by atomic mass is 16.2. The van der Waals surface area contributed by atoms with Crippen LogP contribution in [0.1, 0.15) is 55.6 Å². The fourth-order valence-electron chi connectivity index (χ4n) is 4.85. The standard InChI is InChI=1S/C24H35N7O2/c1-17-13-18(2)26-24(25-17)31-21(14-19(3)28-31)27-22(32)16-29-9-11-30(12-10-29)23(33)15-20-7-5-4-6-8-20/h13-14,20H,4-12,15-16H2,1-3H3,(H,27,32). The van der Waals surface area contributed by atoms with Crippen LogP contribution in [0.2, 0.25) is 0 Å². The molecule has 0 spiro atoms. The maximum absolute atomic E-state index is 12.8. The number of nitrogens with one attached hydrogen (secondary N) is 1. The lowest BCUT2D eigenvalue weighted by Gasteiger charge is -2.35. The lowest BCUT2D eigenvalue weighted by atomic mass is 9.86. The van der Waals surface area contributed by atoms with Crippen LogP contribution in [0.15, 0.2) is 12.1 Å². The first kappa shape index (κ1) is 23.4. The van der Waals surface area contributed by atoms with E-state index in [1.807, 2.05) is 37.8 Å². The van der Waals surface area contributed by atoms with Crippen LogP contribution < -0.4 is 5.32 Å². The summed E-state index contributed by atoms with van der Waals surface area (Å²) in [4.78, 5) is 38.4. The van der Waals surface area contributed by atoms with Gasteiger partial charge in [0.05, 0.1) is 12.2 Å². The van der Waals surface area contributed by atoms with Crippen molar-refractivity contribution in [2.75, 3.05) is 38.0 Å². The Morgan fingerprint density at radius 1 is 0.939 bits per heavy atom. The summed E-state index contributed by atoms with van der Waals surface area (Å²) in [6.07, 6.45) is 6.89. The van der Waals surface area contributed by atoms with Crippen LogP contribution in [0, 0.1) is 26.7 Å². The van der Waals surface area contributed by atoms with Crippen LogP contribution in [0.25, 0.3) is 5.95 Å². The molecule has 0 bridgehead atoms. The smallest absolute Gasteiger partial charge is 0.252 e. The summed E-state index contributed by atoms with van der Waals surface area (Å²) >= 11 is 0. The second-order valence-corrected chi connectivity index (χ2v) is 9.45. The summed E-state index contributed by atoms with van der Waals surface area (Å²) in [5.41, 5.74) is 2.47. The molecule has 1 aliphatic heterocycles. The average Bonchev–Trinajstić information content (AvgIpc) is 3.14. The number of nitrogens with zero attached hydrogens (tertiary/aromatic N) is 6. The summed E-state index contributed by atoms with van der Waals surface area (Å²) in [6.45, 7) is 8.77. The first-order valence-corrected chi connectivity index (χ1v) is 12.1. The van der Waals surface area contributed by atoms with E-state index in [0.29, 0.717) is 50.3 Å². The van der Waals surface area contributed by atoms with E-state index in [9.17, 15) is 9.59 Å². The Bertz CT molecular complexity index is 968. The van der Waals surface area contributed by atoms with Gasteiger partial charge in [0.15, 0.2) is 0 Å². The third-order valence-electron chi connectivity index (χ3n) is 6.54. The van der Waals surface area contributed by atoms with Gasteiger partial charge in [0.1, 0.15) is 5.82 Å². The zero-order valence-electron chi connectivity index (χ0n) is 20.0. The molecule has 178 valence electrons. The molecule has 4 rings (SSSR count). The molecular weight excluding hydrogens is 418 g/mol. The number of hydrogen-bond donors (Lipinski definition) is 1. The molecule has 3 heterocycles. The minimum absolute atomic E-state index is 0.109. The number of piperazine rings is 1. The van der Waals surface area contributed by atoms with Crippen molar-refractivity contribution in [3.63, 3.8) is 0 Å². The van der Waals surface area contributed by atoms with Gasteiger partial charge in [-0.2, -0.15) is 9.78 Å². The molecule has 1 aliphatic carbocycles. The Kier molecular flexibility index (Phi) is 7.37. The third-order valence-corrected chi connectivity index (χ3v) is 6.54. The van der Waals surface area contributed by atoms with E-state index in [0.717, 1.165) is 17.1 Å². The van der Waals surface area contributed by atoms with Gasteiger partial charge in [0.2, 0.25) is 11.8 Å². The highest BCUT2D eigenvalue weighted by molar-refractivity contribution is 5.91. The molecule has 2 aromatic heterocycles. The lowest BCUT2D eigenvalue weighted by Crippen LogP contribution is -2.50. The number of amides is 2.